The van der Waals surface area contributed by atoms with Gasteiger partial charge in [-0.05, 0) is 12.3 Å². The van der Waals surface area contributed by atoms with Crippen molar-refractivity contribution in [1.29, 1.82) is 0 Å². The molecule has 1 saturated carbocycles. The molecule has 34 heavy (non-hydrogen) atoms. The first kappa shape index (κ1) is 28.1. The van der Waals surface area contributed by atoms with Crippen molar-refractivity contribution in [2.24, 2.45) is 5.92 Å². The fraction of sp³-hybridized carbons (Fsp3) is 1.00. The summed E-state index contributed by atoms with van der Waals surface area (Å²) in [7, 11) is 0. The van der Waals surface area contributed by atoms with Crippen molar-refractivity contribution in [2.75, 3.05) is 19.8 Å². The zero-order valence-corrected chi connectivity index (χ0v) is 19.6. The summed E-state index contributed by atoms with van der Waals surface area (Å²) in [5.74, 6) is 0.833. The van der Waals surface area contributed by atoms with Crippen LogP contribution in [0.1, 0.15) is 57.8 Å². The van der Waals surface area contributed by atoms with E-state index in [2.05, 4.69) is 0 Å². The fourth-order valence-corrected chi connectivity index (χ4v) is 5.08. The maximum Gasteiger partial charge on any atom is 0.187 e. The third-order valence-electron chi connectivity index (χ3n) is 7.22. The van der Waals surface area contributed by atoms with Crippen molar-refractivity contribution in [3.8, 4) is 0 Å². The minimum atomic E-state index is -1.69. The summed E-state index contributed by atoms with van der Waals surface area (Å²) in [5, 5.41) is 70.2. The van der Waals surface area contributed by atoms with E-state index in [1.165, 1.54) is 38.5 Å². The zero-order chi connectivity index (χ0) is 24.7. The Morgan fingerprint density at radius 1 is 0.647 bits per heavy atom. The average Bonchev–Trinajstić information content (AvgIpc) is 2.85. The lowest BCUT2D eigenvalue weighted by molar-refractivity contribution is -0.359. The lowest BCUT2D eigenvalue weighted by atomic mass is 9.86. The van der Waals surface area contributed by atoms with E-state index in [1.54, 1.807) is 0 Å². The van der Waals surface area contributed by atoms with Crippen molar-refractivity contribution < 1.29 is 54.7 Å². The van der Waals surface area contributed by atoms with Crippen molar-refractivity contribution >= 4 is 0 Å². The molecule has 0 aromatic heterocycles. The molecule has 0 spiro atoms. The Bertz CT molecular complexity index is 571. The second-order valence-electron chi connectivity index (χ2n) is 9.73. The minimum absolute atomic E-state index is 0.329. The number of unbranched alkanes of at least 4 members (excludes halogenated alkanes) is 2. The molecule has 2 saturated heterocycles. The van der Waals surface area contributed by atoms with Gasteiger partial charge in [-0.2, -0.15) is 0 Å². The summed E-state index contributed by atoms with van der Waals surface area (Å²) < 4.78 is 22.1. The molecule has 0 radical (unpaired) electrons. The Hall–Kier alpha value is -0.440. The molecule has 0 aromatic rings. The standard InChI is InChI=1S/C23H42O11/c24-11-14-16(26)17(27)19(29)23(32-14)34-21-15(12-25)33-22(20(30)18(21)28)31-10-6-2-5-9-13-7-3-1-4-8-13/h13-30H,1-12H2/t14?,15?,16-,17-,18+,19?,20?,21+,22-,23+/m1/s1. The van der Waals surface area contributed by atoms with Crippen molar-refractivity contribution in [3.63, 3.8) is 0 Å². The van der Waals surface area contributed by atoms with E-state index in [0.717, 1.165) is 25.2 Å². The molecule has 10 atom stereocenters. The molecule has 1 aliphatic carbocycles. The number of aliphatic hydroxyl groups excluding tert-OH is 7. The quantitative estimate of drug-likeness (QED) is 0.171. The Balaban J connectivity index is 1.45. The first-order valence-corrected chi connectivity index (χ1v) is 12.6. The highest BCUT2D eigenvalue weighted by molar-refractivity contribution is 4.94. The van der Waals surface area contributed by atoms with E-state index in [4.69, 9.17) is 18.9 Å². The molecule has 2 heterocycles. The minimum Gasteiger partial charge on any atom is -0.394 e. The molecule has 3 rings (SSSR count). The Kier molecular flexibility index (Phi) is 11.4. The van der Waals surface area contributed by atoms with Gasteiger partial charge in [0.2, 0.25) is 0 Å². The van der Waals surface area contributed by atoms with Gasteiger partial charge in [0, 0.05) is 6.61 Å². The topological polar surface area (TPSA) is 179 Å². The molecule has 200 valence electrons. The molecule has 11 heteroatoms. The summed E-state index contributed by atoms with van der Waals surface area (Å²) >= 11 is 0. The van der Waals surface area contributed by atoms with Crippen LogP contribution in [0.5, 0.6) is 0 Å². The second-order valence-corrected chi connectivity index (χ2v) is 9.73. The fourth-order valence-electron chi connectivity index (χ4n) is 5.08. The van der Waals surface area contributed by atoms with Crippen LogP contribution in [0.4, 0.5) is 0 Å². The molecule has 2 aliphatic heterocycles. The predicted octanol–water partition coefficient (Wildman–Crippen LogP) is -1.23. The summed E-state index contributed by atoms with van der Waals surface area (Å²) in [4.78, 5) is 0. The molecular formula is C23H42O11. The highest BCUT2D eigenvalue weighted by Crippen LogP contribution is 2.30. The van der Waals surface area contributed by atoms with Crippen LogP contribution < -0.4 is 0 Å². The van der Waals surface area contributed by atoms with Crippen LogP contribution in [0.15, 0.2) is 0 Å². The molecule has 3 aliphatic rings. The largest absolute Gasteiger partial charge is 0.394 e. The smallest absolute Gasteiger partial charge is 0.187 e. The van der Waals surface area contributed by atoms with Crippen LogP contribution in [-0.2, 0) is 18.9 Å². The van der Waals surface area contributed by atoms with Gasteiger partial charge >= 0.3 is 0 Å². The molecule has 0 bridgehead atoms. The van der Waals surface area contributed by atoms with Crippen LogP contribution >= 0.6 is 0 Å². The average molecular weight is 495 g/mol. The van der Waals surface area contributed by atoms with Gasteiger partial charge in [-0.25, -0.2) is 0 Å². The van der Waals surface area contributed by atoms with Gasteiger partial charge in [-0.3, -0.25) is 0 Å². The van der Waals surface area contributed by atoms with Crippen molar-refractivity contribution in [2.45, 2.75) is 119 Å². The van der Waals surface area contributed by atoms with E-state index >= 15 is 0 Å². The number of hydrogen-bond acceptors (Lipinski definition) is 11. The monoisotopic (exact) mass is 494 g/mol. The summed E-state index contributed by atoms with van der Waals surface area (Å²) in [5.41, 5.74) is 0. The number of ether oxygens (including phenoxy) is 4. The predicted molar refractivity (Wildman–Crippen MR) is 117 cm³/mol. The number of hydrogen-bond donors (Lipinski definition) is 7. The van der Waals surface area contributed by atoms with Gasteiger partial charge in [-0.15, -0.1) is 0 Å². The third kappa shape index (κ3) is 7.07. The first-order valence-electron chi connectivity index (χ1n) is 12.6. The molecule has 3 fully saturated rings. The Morgan fingerprint density at radius 3 is 1.97 bits per heavy atom. The lowest BCUT2D eigenvalue weighted by Gasteiger charge is -2.45. The lowest BCUT2D eigenvalue weighted by Crippen LogP contribution is -2.64. The van der Waals surface area contributed by atoms with E-state index in [-0.39, 0.29) is 0 Å². The molecule has 0 amide bonds. The Labute approximate surface area is 200 Å². The zero-order valence-electron chi connectivity index (χ0n) is 19.6. The van der Waals surface area contributed by atoms with Gasteiger partial charge in [0.25, 0.3) is 0 Å². The highest BCUT2D eigenvalue weighted by Gasteiger charge is 2.50. The number of rotatable bonds is 11. The molecule has 0 aromatic carbocycles. The van der Waals surface area contributed by atoms with Crippen LogP contribution in [0.3, 0.4) is 0 Å². The second kappa shape index (κ2) is 13.8. The van der Waals surface area contributed by atoms with Crippen molar-refractivity contribution in [3.05, 3.63) is 0 Å². The first-order chi connectivity index (χ1) is 16.4. The van der Waals surface area contributed by atoms with E-state index in [0.29, 0.717) is 6.61 Å². The van der Waals surface area contributed by atoms with E-state index in [1.807, 2.05) is 0 Å². The SMILES string of the molecule is OCC1O[C@@H](O[C@H]2C(CO)O[C@@H](OCCCCCC3CCCCC3)C(O)[C@@H]2O)C(O)[C@H](O)[C@@H]1O. The van der Waals surface area contributed by atoms with Crippen LogP contribution in [0.2, 0.25) is 0 Å². The van der Waals surface area contributed by atoms with Crippen LogP contribution in [0.25, 0.3) is 0 Å². The van der Waals surface area contributed by atoms with Crippen molar-refractivity contribution in [1.82, 2.24) is 0 Å². The van der Waals surface area contributed by atoms with E-state index < -0.39 is 74.6 Å². The molecular weight excluding hydrogens is 452 g/mol. The van der Waals surface area contributed by atoms with Gasteiger partial charge in [0.1, 0.15) is 48.8 Å². The molecule has 11 nitrogen and oxygen atoms in total. The third-order valence-corrected chi connectivity index (χ3v) is 7.22. The van der Waals surface area contributed by atoms with Gasteiger partial charge in [0.15, 0.2) is 12.6 Å². The number of aliphatic hydroxyl groups is 7. The summed E-state index contributed by atoms with van der Waals surface area (Å²) in [6, 6.07) is 0. The highest BCUT2D eigenvalue weighted by atomic mass is 16.7. The van der Waals surface area contributed by atoms with Crippen LogP contribution in [-0.4, -0.2) is 117 Å². The maximum atomic E-state index is 10.6. The summed E-state index contributed by atoms with van der Waals surface area (Å²) in [6.07, 6.45) is -3.49. The molecule has 7 N–H and O–H groups in total. The normalized spacial score (nSPS) is 42.1. The molecule has 4 unspecified atom stereocenters. The maximum absolute atomic E-state index is 10.6. The van der Waals surface area contributed by atoms with Gasteiger partial charge < -0.3 is 54.7 Å². The van der Waals surface area contributed by atoms with Crippen LogP contribution in [0, 0.1) is 5.92 Å². The van der Waals surface area contributed by atoms with Gasteiger partial charge in [0.05, 0.1) is 13.2 Å². The summed E-state index contributed by atoms with van der Waals surface area (Å²) in [6.45, 7) is -0.889. The van der Waals surface area contributed by atoms with Gasteiger partial charge in [-0.1, -0.05) is 51.4 Å². The van der Waals surface area contributed by atoms with E-state index in [9.17, 15) is 35.7 Å². The Morgan fingerprint density at radius 2 is 1.29 bits per heavy atom.